The van der Waals surface area contributed by atoms with Crippen molar-refractivity contribution >= 4 is 35.5 Å². The number of benzene rings is 1. The van der Waals surface area contributed by atoms with Gasteiger partial charge in [-0.2, -0.15) is 0 Å². The predicted octanol–water partition coefficient (Wildman–Crippen LogP) is 3.61. The first-order chi connectivity index (χ1) is 13.8. The number of likely N-dealkylation sites (tertiary alicyclic amines) is 1. The normalized spacial score (nSPS) is 23.0. The van der Waals surface area contributed by atoms with Gasteiger partial charge in [0.15, 0.2) is 0 Å². The highest BCUT2D eigenvalue weighted by atomic mass is 35.5. The van der Waals surface area contributed by atoms with E-state index in [2.05, 4.69) is 24.5 Å². The molecule has 0 unspecified atom stereocenters. The zero-order valence-corrected chi connectivity index (χ0v) is 17.7. The number of carbonyl (C=O) groups is 3. The topological polar surface area (TPSA) is 78.5 Å². The van der Waals surface area contributed by atoms with Gasteiger partial charge < -0.3 is 10.2 Å². The van der Waals surface area contributed by atoms with Gasteiger partial charge in [-0.15, -0.1) is 0 Å². The zero-order valence-electron chi connectivity index (χ0n) is 16.9. The number of amides is 4. The average molecular weight is 418 g/mol. The minimum atomic E-state index is -0.852. The zero-order chi connectivity index (χ0) is 21.0. The molecule has 0 aromatic heterocycles. The maximum Gasteiger partial charge on any atom is 0.322 e. The maximum atomic E-state index is 12.6. The highest BCUT2D eigenvalue weighted by Crippen LogP contribution is 2.35. The minimum Gasteiger partial charge on any atom is -0.339 e. The molecule has 0 spiro atoms. The van der Waals surface area contributed by atoms with Gasteiger partial charge in [-0.05, 0) is 61.3 Å². The van der Waals surface area contributed by atoms with E-state index in [9.17, 15) is 14.4 Å². The van der Waals surface area contributed by atoms with Crippen molar-refractivity contribution in [2.45, 2.75) is 45.1 Å². The van der Waals surface area contributed by atoms with Crippen molar-refractivity contribution in [1.29, 1.82) is 0 Å². The van der Waals surface area contributed by atoms with Gasteiger partial charge in [-0.25, -0.2) is 4.79 Å². The van der Waals surface area contributed by atoms with Crippen molar-refractivity contribution in [3.8, 4) is 0 Å². The molecule has 2 fully saturated rings. The first-order valence-corrected chi connectivity index (χ1v) is 10.5. The Morgan fingerprint density at radius 2 is 1.90 bits per heavy atom. The second kappa shape index (κ2) is 8.99. The molecule has 2 N–H and O–H groups in total. The number of piperidine rings is 1. The predicted molar refractivity (Wildman–Crippen MR) is 113 cm³/mol. The van der Waals surface area contributed by atoms with Crippen molar-refractivity contribution in [2.75, 3.05) is 13.1 Å². The van der Waals surface area contributed by atoms with Crippen LogP contribution in [0.1, 0.15) is 45.1 Å². The molecule has 3 rings (SSSR count). The molecule has 7 heteroatoms. The summed E-state index contributed by atoms with van der Waals surface area (Å²) in [6, 6.07) is 6.88. The van der Waals surface area contributed by atoms with Gasteiger partial charge in [0.25, 0.3) is 5.91 Å². The van der Waals surface area contributed by atoms with Crippen LogP contribution in [-0.4, -0.2) is 41.4 Å². The first-order valence-electron chi connectivity index (χ1n) is 10.2. The molecule has 6 nitrogen and oxygen atoms in total. The van der Waals surface area contributed by atoms with E-state index in [4.69, 9.17) is 11.6 Å². The maximum absolute atomic E-state index is 12.6. The van der Waals surface area contributed by atoms with Crippen LogP contribution < -0.4 is 10.6 Å². The number of rotatable bonds is 6. The summed E-state index contributed by atoms with van der Waals surface area (Å²) in [5.41, 5.74) is 0.0611. The lowest BCUT2D eigenvalue weighted by molar-refractivity contribution is -0.130. The van der Waals surface area contributed by atoms with Crippen LogP contribution in [0.2, 0.25) is 5.02 Å². The molecule has 0 saturated carbocycles. The lowest BCUT2D eigenvalue weighted by Gasteiger charge is -2.40. The Kier molecular flexibility index (Phi) is 6.63. The molecule has 1 aromatic carbocycles. The summed E-state index contributed by atoms with van der Waals surface area (Å²) >= 11 is 5.88. The summed E-state index contributed by atoms with van der Waals surface area (Å²) in [4.78, 5) is 38.8. The third kappa shape index (κ3) is 4.99. The SMILES string of the molecule is CC(C)CC[C@@]1(C2CCN(C(=O)/C=C/c3ccc(Cl)cc3)CC2)NC(=O)NC1=O. The first kappa shape index (κ1) is 21.4. The lowest BCUT2D eigenvalue weighted by atomic mass is 9.74. The summed E-state index contributed by atoms with van der Waals surface area (Å²) in [6.45, 7) is 5.36. The van der Waals surface area contributed by atoms with Crippen LogP contribution in [-0.2, 0) is 9.59 Å². The van der Waals surface area contributed by atoms with E-state index in [1.165, 1.54) is 0 Å². The fourth-order valence-electron chi connectivity index (χ4n) is 4.13. The Labute approximate surface area is 176 Å². The van der Waals surface area contributed by atoms with E-state index in [0.29, 0.717) is 43.3 Å². The molecule has 2 aliphatic rings. The van der Waals surface area contributed by atoms with Crippen molar-refractivity contribution in [3.63, 3.8) is 0 Å². The van der Waals surface area contributed by atoms with Crippen molar-refractivity contribution < 1.29 is 14.4 Å². The average Bonchev–Trinajstić information content (AvgIpc) is 3.00. The standard InChI is InChI=1S/C22H28ClN3O3/c1-15(2)9-12-22(20(28)24-21(29)25-22)17-10-13-26(14-11-17)19(27)8-5-16-3-6-18(23)7-4-16/h3-8,15,17H,9-14H2,1-2H3,(H2,24,25,28,29)/b8-5+/t22-/m0/s1. The monoisotopic (exact) mass is 417 g/mol. The van der Waals surface area contributed by atoms with Crippen LogP contribution >= 0.6 is 11.6 Å². The number of urea groups is 1. The van der Waals surface area contributed by atoms with E-state index in [1.54, 1.807) is 29.2 Å². The highest BCUT2D eigenvalue weighted by molar-refractivity contribution is 6.30. The molecule has 4 amide bonds. The van der Waals surface area contributed by atoms with Crippen LogP contribution in [0.4, 0.5) is 4.79 Å². The minimum absolute atomic E-state index is 0.0250. The van der Waals surface area contributed by atoms with Gasteiger partial charge in [-0.3, -0.25) is 14.9 Å². The molecular weight excluding hydrogens is 390 g/mol. The van der Waals surface area contributed by atoms with Crippen LogP contribution in [0.3, 0.4) is 0 Å². The van der Waals surface area contributed by atoms with Gasteiger partial charge in [0.05, 0.1) is 0 Å². The van der Waals surface area contributed by atoms with Gasteiger partial charge in [-0.1, -0.05) is 37.6 Å². The Balaban J connectivity index is 1.62. The third-order valence-electron chi connectivity index (χ3n) is 5.88. The number of carbonyl (C=O) groups excluding carboxylic acids is 3. The number of hydrogen-bond donors (Lipinski definition) is 2. The lowest BCUT2D eigenvalue weighted by Crippen LogP contribution is -2.56. The van der Waals surface area contributed by atoms with Gasteiger partial charge in [0.2, 0.25) is 5.91 Å². The molecule has 1 aromatic rings. The Bertz CT molecular complexity index is 798. The molecule has 2 saturated heterocycles. The quantitative estimate of drug-likeness (QED) is 0.548. The van der Waals surface area contributed by atoms with E-state index in [-0.39, 0.29) is 17.7 Å². The fraction of sp³-hybridized carbons (Fsp3) is 0.500. The molecular formula is C22H28ClN3O3. The summed E-state index contributed by atoms with van der Waals surface area (Å²) in [6.07, 6.45) is 6.20. The summed E-state index contributed by atoms with van der Waals surface area (Å²) in [5.74, 6) is 0.193. The number of imide groups is 1. The van der Waals surface area contributed by atoms with Crippen molar-refractivity contribution in [1.82, 2.24) is 15.5 Å². The van der Waals surface area contributed by atoms with E-state index < -0.39 is 11.6 Å². The number of hydrogen-bond acceptors (Lipinski definition) is 3. The van der Waals surface area contributed by atoms with Crippen LogP contribution in [0.15, 0.2) is 30.3 Å². The summed E-state index contributed by atoms with van der Waals surface area (Å²) < 4.78 is 0. The van der Waals surface area contributed by atoms with Crippen LogP contribution in [0.25, 0.3) is 6.08 Å². The largest absolute Gasteiger partial charge is 0.339 e. The van der Waals surface area contributed by atoms with E-state index >= 15 is 0 Å². The Morgan fingerprint density at radius 3 is 2.45 bits per heavy atom. The Hall–Kier alpha value is -2.34. The van der Waals surface area contributed by atoms with Gasteiger partial charge in [0.1, 0.15) is 5.54 Å². The van der Waals surface area contributed by atoms with E-state index in [0.717, 1.165) is 12.0 Å². The van der Waals surface area contributed by atoms with Gasteiger partial charge >= 0.3 is 6.03 Å². The Morgan fingerprint density at radius 1 is 1.24 bits per heavy atom. The second-order valence-corrected chi connectivity index (χ2v) is 8.73. The van der Waals surface area contributed by atoms with E-state index in [1.807, 2.05) is 12.1 Å². The van der Waals surface area contributed by atoms with Crippen LogP contribution in [0, 0.1) is 11.8 Å². The molecule has 29 heavy (non-hydrogen) atoms. The fourth-order valence-corrected chi connectivity index (χ4v) is 4.25. The van der Waals surface area contributed by atoms with Crippen molar-refractivity contribution in [2.24, 2.45) is 11.8 Å². The molecule has 0 bridgehead atoms. The molecule has 2 heterocycles. The summed E-state index contributed by atoms with van der Waals surface area (Å²) in [5, 5.41) is 5.98. The molecule has 0 radical (unpaired) electrons. The summed E-state index contributed by atoms with van der Waals surface area (Å²) in [7, 11) is 0. The van der Waals surface area contributed by atoms with Crippen molar-refractivity contribution in [3.05, 3.63) is 40.9 Å². The highest BCUT2D eigenvalue weighted by Gasteiger charge is 2.51. The third-order valence-corrected chi connectivity index (χ3v) is 6.13. The number of halogens is 1. The van der Waals surface area contributed by atoms with Crippen LogP contribution in [0.5, 0.6) is 0 Å². The number of nitrogens with zero attached hydrogens (tertiary/aromatic N) is 1. The molecule has 2 aliphatic heterocycles. The van der Waals surface area contributed by atoms with Gasteiger partial charge in [0, 0.05) is 24.2 Å². The molecule has 1 atom stereocenters. The molecule has 0 aliphatic carbocycles. The second-order valence-electron chi connectivity index (χ2n) is 8.30. The number of nitrogens with one attached hydrogen (secondary N) is 2. The molecule has 156 valence electrons. The smallest absolute Gasteiger partial charge is 0.322 e.